The highest BCUT2D eigenvalue weighted by atomic mass is 16.3. The molecule has 0 unspecified atom stereocenters. The van der Waals surface area contributed by atoms with E-state index < -0.39 is 0 Å². The van der Waals surface area contributed by atoms with Crippen LogP contribution >= 0.6 is 0 Å². The molecule has 5 heteroatoms. The van der Waals surface area contributed by atoms with Crippen molar-refractivity contribution in [3.63, 3.8) is 0 Å². The molecule has 0 saturated heterocycles. The molecule has 0 radical (unpaired) electrons. The van der Waals surface area contributed by atoms with Crippen molar-refractivity contribution in [3.05, 3.63) is 146 Å². The normalized spacial score (nSPS) is 11.6. The number of fused-ring (bicyclic) bond motifs is 5. The van der Waals surface area contributed by atoms with Gasteiger partial charge in [-0.05, 0) is 76.7 Å². The fraction of sp³-hybridized carbons (Fsp3) is 0. The summed E-state index contributed by atoms with van der Waals surface area (Å²) in [6.07, 6.45) is 5.67. The molecule has 4 heterocycles. The first kappa shape index (κ1) is 25.3. The zero-order chi connectivity index (χ0) is 29.7. The number of hydrogen-bond donors (Lipinski definition) is 0. The van der Waals surface area contributed by atoms with Crippen molar-refractivity contribution in [2.24, 2.45) is 0 Å². The second-order valence-corrected chi connectivity index (χ2v) is 11.2. The van der Waals surface area contributed by atoms with Crippen LogP contribution in [-0.2, 0) is 0 Å². The number of benzene rings is 5. The summed E-state index contributed by atoms with van der Waals surface area (Å²) in [6.45, 7) is 0. The van der Waals surface area contributed by atoms with Gasteiger partial charge in [-0.3, -0.25) is 9.97 Å². The average molecular weight is 577 g/mol. The SMILES string of the molecule is c1ccc(-c2ccc3ccc4cc(-c5cc(-c6ccc7ccncc7c6)cc(-c6nc7ccccc7o6)c5)cnc4c3n2)cc1. The first-order valence-corrected chi connectivity index (χ1v) is 14.9. The summed E-state index contributed by atoms with van der Waals surface area (Å²) in [6, 6.07) is 43.7. The van der Waals surface area contributed by atoms with E-state index in [9.17, 15) is 0 Å². The number of para-hydroxylation sites is 2. The molecule has 0 amide bonds. The fourth-order valence-corrected chi connectivity index (χ4v) is 6.05. The van der Waals surface area contributed by atoms with Gasteiger partial charge in [-0.15, -0.1) is 0 Å². The van der Waals surface area contributed by atoms with E-state index in [1.165, 1.54) is 0 Å². The van der Waals surface area contributed by atoms with Gasteiger partial charge in [-0.1, -0.05) is 72.8 Å². The molecule has 0 N–H and O–H groups in total. The van der Waals surface area contributed by atoms with Gasteiger partial charge < -0.3 is 4.42 Å². The van der Waals surface area contributed by atoms with Crippen molar-refractivity contribution < 1.29 is 4.42 Å². The van der Waals surface area contributed by atoms with E-state index in [0.29, 0.717) is 5.89 Å². The molecule has 0 atom stereocenters. The molecule has 0 spiro atoms. The highest BCUT2D eigenvalue weighted by molar-refractivity contribution is 6.04. The number of aromatic nitrogens is 4. The summed E-state index contributed by atoms with van der Waals surface area (Å²) in [7, 11) is 0. The van der Waals surface area contributed by atoms with Crippen molar-refractivity contribution in [3.8, 4) is 45.0 Å². The fourth-order valence-electron chi connectivity index (χ4n) is 6.05. The van der Waals surface area contributed by atoms with Gasteiger partial charge in [0.1, 0.15) is 5.52 Å². The maximum absolute atomic E-state index is 6.23. The molecule has 210 valence electrons. The lowest BCUT2D eigenvalue weighted by Gasteiger charge is -2.11. The number of rotatable bonds is 4. The molecule has 4 aromatic heterocycles. The lowest BCUT2D eigenvalue weighted by molar-refractivity contribution is 0.620. The first-order chi connectivity index (χ1) is 22.2. The third kappa shape index (κ3) is 4.50. The van der Waals surface area contributed by atoms with Gasteiger partial charge in [0.05, 0.1) is 16.7 Å². The third-order valence-corrected chi connectivity index (χ3v) is 8.36. The lowest BCUT2D eigenvalue weighted by atomic mass is 9.95. The maximum Gasteiger partial charge on any atom is 0.227 e. The van der Waals surface area contributed by atoms with Crippen molar-refractivity contribution in [2.75, 3.05) is 0 Å². The van der Waals surface area contributed by atoms with Crippen LogP contribution in [0.3, 0.4) is 0 Å². The monoisotopic (exact) mass is 576 g/mol. The summed E-state index contributed by atoms with van der Waals surface area (Å²) in [5.74, 6) is 0.583. The standard InChI is InChI=1S/C40H24N4O/c1-2-6-26(7-3-1)35-15-14-27-11-13-29-19-34(24-42-38(29)39(27)43-35)31-20-30(28-12-10-25-16-17-41-23-33(25)18-28)21-32(22-31)40-44-36-8-4-5-9-37(36)45-40/h1-24H. The third-order valence-electron chi connectivity index (χ3n) is 8.36. The molecule has 5 nitrogen and oxygen atoms in total. The Bertz CT molecular complexity index is 2520. The van der Waals surface area contributed by atoms with Crippen LogP contribution in [0.4, 0.5) is 0 Å². The molecule has 45 heavy (non-hydrogen) atoms. The minimum Gasteiger partial charge on any atom is -0.436 e. The Hall–Kier alpha value is -6.20. The van der Waals surface area contributed by atoms with E-state index in [1.807, 2.05) is 67.1 Å². The Labute approximate surface area is 258 Å². The first-order valence-electron chi connectivity index (χ1n) is 14.9. The molecule has 0 saturated carbocycles. The predicted octanol–water partition coefficient (Wildman–Crippen LogP) is 10.1. The van der Waals surface area contributed by atoms with Gasteiger partial charge in [-0.25, -0.2) is 9.97 Å². The summed E-state index contributed by atoms with van der Waals surface area (Å²) in [5.41, 5.74) is 10.5. The van der Waals surface area contributed by atoms with Gasteiger partial charge in [0.25, 0.3) is 0 Å². The van der Waals surface area contributed by atoms with Crippen molar-refractivity contribution in [1.29, 1.82) is 0 Å². The summed E-state index contributed by atoms with van der Waals surface area (Å²) >= 11 is 0. The highest BCUT2D eigenvalue weighted by Crippen LogP contribution is 2.36. The molecule has 0 aliphatic heterocycles. The van der Waals surface area contributed by atoms with Gasteiger partial charge in [0, 0.05) is 51.4 Å². The molecule has 0 aliphatic rings. The summed E-state index contributed by atoms with van der Waals surface area (Å²) in [5, 5.41) is 4.33. The summed E-state index contributed by atoms with van der Waals surface area (Å²) in [4.78, 5) is 19.2. The summed E-state index contributed by atoms with van der Waals surface area (Å²) < 4.78 is 6.23. The quantitative estimate of drug-likeness (QED) is 0.195. The van der Waals surface area contributed by atoms with Gasteiger partial charge >= 0.3 is 0 Å². The molecular formula is C40H24N4O. The second-order valence-electron chi connectivity index (χ2n) is 11.2. The molecule has 9 rings (SSSR count). The number of oxazole rings is 1. The van der Waals surface area contributed by atoms with Crippen LogP contribution in [0, 0.1) is 0 Å². The molecule has 0 bridgehead atoms. The molecule has 0 fully saturated rings. The minimum absolute atomic E-state index is 0.583. The molecule has 5 aromatic carbocycles. The van der Waals surface area contributed by atoms with Crippen LogP contribution in [-0.4, -0.2) is 19.9 Å². The largest absolute Gasteiger partial charge is 0.436 e. The maximum atomic E-state index is 6.23. The smallest absolute Gasteiger partial charge is 0.227 e. The number of hydrogen-bond acceptors (Lipinski definition) is 5. The predicted molar refractivity (Wildman–Crippen MR) is 182 cm³/mol. The Balaban J connectivity index is 1.21. The van der Waals surface area contributed by atoms with E-state index in [0.717, 1.165) is 82.8 Å². The highest BCUT2D eigenvalue weighted by Gasteiger charge is 2.14. The molecule has 0 aliphatic carbocycles. The van der Waals surface area contributed by atoms with Crippen LogP contribution in [0.25, 0.3) is 88.6 Å². The molecular weight excluding hydrogens is 552 g/mol. The van der Waals surface area contributed by atoms with Crippen LogP contribution in [0.15, 0.2) is 150 Å². The zero-order valence-electron chi connectivity index (χ0n) is 24.1. The lowest BCUT2D eigenvalue weighted by Crippen LogP contribution is -1.91. The topological polar surface area (TPSA) is 64.7 Å². The van der Waals surface area contributed by atoms with Crippen molar-refractivity contribution in [2.45, 2.75) is 0 Å². The van der Waals surface area contributed by atoms with Gasteiger partial charge in [0.15, 0.2) is 5.58 Å². The van der Waals surface area contributed by atoms with Crippen molar-refractivity contribution >= 4 is 43.7 Å². The van der Waals surface area contributed by atoms with Gasteiger partial charge in [0.2, 0.25) is 5.89 Å². The molecule has 9 aromatic rings. The van der Waals surface area contributed by atoms with E-state index in [1.54, 1.807) is 0 Å². The van der Waals surface area contributed by atoms with E-state index in [-0.39, 0.29) is 0 Å². The minimum atomic E-state index is 0.583. The van der Waals surface area contributed by atoms with Crippen molar-refractivity contribution in [1.82, 2.24) is 19.9 Å². The Morgan fingerprint density at radius 3 is 2.11 bits per heavy atom. The van der Waals surface area contributed by atoms with Crippen LogP contribution in [0.2, 0.25) is 0 Å². The van der Waals surface area contributed by atoms with Crippen LogP contribution < -0.4 is 0 Å². The number of nitrogens with zero attached hydrogens (tertiary/aromatic N) is 4. The van der Waals surface area contributed by atoms with E-state index in [2.05, 4.69) is 83.8 Å². The Morgan fingerprint density at radius 2 is 1.20 bits per heavy atom. The van der Waals surface area contributed by atoms with Crippen LogP contribution in [0.1, 0.15) is 0 Å². The average Bonchev–Trinajstić information content (AvgIpc) is 3.56. The Morgan fingerprint density at radius 1 is 0.444 bits per heavy atom. The zero-order valence-corrected chi connectivity index (χ0v) is 24.1. The van der Waals surface area contributed by atoms with E-state index >= 15 is 0 Å². The Kier molecular flexibility index (Phi) is 5.74. The van der Waals surface area contributed by atoms with Gasteiger partial charge in [-0.2, -0.15) is 0 Å². The van der Waals surface area contributed by atoms with Crippen LogP contribution in [0.5, 0.6) is 0 Å². The number of pyridine rings is 3. The second kappa shape index (κ2) is 10.2. The van der Waals surface area contributed by atoms with E-state index in [4.69, 9.17) is 19.4 Å².